The Morgan fingerprint density at radius 2 is 2.14 bits per heavy atom. The van der Waals surface area contributed by atoms with Gasteiger partial charge in [-0.3, -0.25) is 14.9 Å². The summed E-state index contributed by atoms with van der Waals surface area (Å²) in [7, 11) is 0. The van der Waals surface area contributed by atoms with Gasteiger partial charge >= 0.3 is 0 Å². The molecule has 3 rings (SSSR count). The van der Waals surface area contributed by atoms with E-state index in [1.165, 1.54) is 5.56 Å². The van der Waals surface area contributed by atoms with Gasteiger partial charge in [0.25, 0.3) is 0 Å². The van der Waals surface area contributed by atoms with Crippen molar-refractivity contribution < 1.29 is 4.79 Å². The average molecular weight is 285 g/mol. The van der Waals surface area contributed by atoms with Crippen LogP contribution < -0.4 is 16.2 Å². The second-order valence-corrected chi connectivity index (χ2v) is 5.35. The quantitative estimate of drug-likeness (QED) is 0.787. The van der Waals surface area contributed by atoms with Gasteiger partial charge in [-0.25, -0.2) is 5.43 Å². The van der Waals surface area contributed by atoms with Crippen LogP contribution in [0.3, 0.4) is 0 Å². The third-order valence-electron chi connectivity index (χ3n) is 3.49. The fourth-order valence-corrected chi connectivity index (χ4v) is 2.39. The normalized spacial score (nSPS) is 21.4. The highest BCUT2D eigenvalue weighted by Gasteiger charge is 2.26. The Morgan fingerprint density at radius 1 is 1.33 bits per heavy atom. The van der Waals surface area contributed by atoms with Crippen LogP contribution in [0.4, 0.5) is 5.82 Å². The second kappa shape index (κ2) is 6.07. The summed E-state index contributed by atoms with van der Waals surface area (Å²) < 4.78 is 1.81. The van der Waals surface area contributed by atoms with Gasteiger partial charge in [0.05, 0.1) is 6.54 Å². The summed E-state index contributed by atoms with van der Waals surface area (Å²) in [5.74, 6) is 0.522. The van der Waals surface area contributed by atoms with E-state index in [1.807, 2.05) is 42.1 Å². The third kappa shape index (κ3) is 3.48. The zero-order chi connectivity index (χ0) is 14.7. The van der Waals surface area contributed by atoms with Gasteiger partial charge in [0.2, 0.25) is 5.91 Å². The number of carbonyl (C=O) groups excluding carboxylic acids is 1. The van der Waals surface area contributed by atoms with Crippen LogP contribution in [-0.4, -0.2) is 27.8 Å². The summed E-state index contributed by atoms with van der Waals surface area (Å²) in [6, 6.07) is 12.0. The highest BCUT2D eigenvalue weighted by Crippen LogP contribution is 2.09. The maximum absolute atomic E-state index is 12.1. The molecule has 2 heterocycles. The van der Waals surface area contributed by atoms with Gasteiger partial charge in [-0.2, -0.15) is 5.10 Å². The number of hydrogen-bond acceptors (Lipinski definition) is 4. The molecule has 0 aliphatic carbocycles. The van der Waals surface area contributed by atoms with E-state index in [0.29, 0.717) is 18.4 Å². The van der Waals surface area contributed by atoms with Crippen LogP contribution >= 0.6 is 0 Å². The Kier molecular flexibility index (Phi) is 3.98. The van der Waals surface area contributed by atoms with Crippen molar-refractivity contribution in [1.82, 2.24) is 20.6 Å². The molecule has 1 amide bonds. The minimum atomic E-state index is -0.209. The number of benzene rings is 1. The van der Waals surface area contributed by atoms with Crippen molar-refractivity contribution >= 4 is 11.7 Å². The number of hydrogen-bond donors (Lipinski definition) is 3. The molecule has 2 aromatic rings. The van der Waals surface area contributed by atoms with Crippen LogP contribution in [0.5, 0.6) is 0 Å². The summed E-state index contributed by atoms with van der Waals surface area (Å²) in [4.78, 5) is 12.1. The predicted molar refractivity (Wildman–Crippen MR) is 80.5 cm³/mol. The van der Waals surface area contributed by atoms with Crippen LogP contribution in [0.2, 0.25) is 0 Å². The van der Waals surface area contributed by atoms with Crippen molar-refractivity contribution in [3.63, 3.8) is 0 Å². The molecule has 21 heavy (non-hydrogen) atoms. The third-order valence-corrected chi connectivity index (χ3v) is 3.49. The van der Waals surface area contributed by atoms with E-state index in [4.69, 9.17) is 0 Å². The molecule has 110 valence electrons. The lowest BCUT2D eigenvalue weighted by molar-refractivity contribution is -0.117. The molecule has 6 nitrogen and oxygen atoms in total. The van der Waals surface area contributed by atoms with E-state index in [1.54, 1.807) is 0 Å². The SMILES string of the molecule is CC1CC(C(=O)Nc2ccn(Cc3ccccc3)n2)NN1. The number of nitrogens with zero attached hydrogens (tertiary/aromatic N) is 2. The van der Waals surface area contributed by atoms with E-state index in [-0.39, 0.29) is 11.9 Å². The molecule has 1 aliphatic heterocycles. The lowest BCUT2D eigenvalue weighted by Gasteiger charge is -2.08. The maximum atomic E-state index is 12.1. The minimum absolute atomic E-state index is 0.0585. The van der Waals surface area contributed by atoms with Crippen molar-refractivity contribution in [2.24, 2.45) is 0 Å². The molecule has 2 atom stereocenters. The predicted octanol–water partition coefficient (Wildman–Crippen LogP) is 1.12. The fraction of sp³-hybridized carbons (Fsp3) is 0.333. The largest absolute Gasteiger partial charge is 0.308 e. The molecule has 1 aromatic heterocycles. The lowest BCUT2D eigenvalue weighted by Crippen LogP contribution is -2.40. The summed E-state index contributed by atoms with van der Waals surface area (Å²) >= 11 is 0. The Bertz CT molecular complexity index is 610. The van der Waals surface area contributed by atoms with Crippen molar-refractivity contribution in [3.05, 3.63) is 48.2 Å². The standard InChI is InChI=1S/C15H19N5O/c1-11-9-13(18-17-11)15(21)16-14-7-8-20(19-14)10-12-5-3-2-4-6-12/h2-8,11,13,17-18H,9-10H2,1H3,(H,16,19,21). The topological polar surface area (TPSA) is 71.0 Å². The van der Waals surface area contributed by atoms with E-state index >= 15 is 0 Å². The summed E-state index contributed by atoms with van der Waals surface area (Å²) in [5.41, 5.74) is 7.19. The zero-order valence-electron chi connectivity index (χ0n) is 11.9. The van der Waals surface area contributed by atoms with Gasteiger partial charge in [0.1, 0.15) is 6.04 Å². The van der Waals surface area contributed by atoms with E-state index in [9.17, 15) is 4.79 Å². The van der Waals surface area contributed by atoms with Crippen LogP contribution in [-0.2, 0) is 11.3 Å². The van der Waals surface area contributed by atoms with Gasteiger partial charge < -0.3 is 5.32 Å². The minimum Gasteiger partial charge on any atom is -0.308 e. The molecule has 1 fully saturated rings. The first kappa shape index (κ1) is 13.8. The Labute approximate surface area is 123 Å². The van der Waals surface area contributed by atoms with Gasteiger partial charge in [-0.1, -0.05) is 30.3 Å². The average Bonchev–Trinajstić information content (AvgIpc) is 3.09. The van der Waals surface area contributed by atoms with Gasteiger partial charge in [0.15, 0.2) is 5.82 Å². The Balaban J connectivity index is 1.59. The molecule has 0 spiro atoms. The summed E-state index contributed by atoms with van der Waals surface area (Å²) in [6.45, 7) is 2.73. The molecule has 1 aromatic carbocycles. The molecule has 0 saturated carbocycles. The molecule has 1 saturated heterocycles. The second-order valence-electron chi connectivity index (χ2n) is 5.35. The molecular formula is C15H19N5O. The zero-order valence-corrected chi connectivity index (χ0v) is 11.9. The van der Waals surface area contributed by atoms with Crippen molar-refractivity contribution in [3.8, 4) is 0 Å². The number of rotatable bonds is 4. The van der Waals surface area contributed by atoms with Crippen molar-refractivity contribution in [2.45, 2.75) is 32.0 Å². The number of nitrogens with one attached hydrogen (secondary N) is 3. The van der Waals surface area contributed by atoms with Crippen molar-refractivity contribution in [1.29, 1.82) is 0 Å². The molecule has 2 unspecified atom stereocenters. The molecule has 0 bridgehead atoms. The number of aromatic nitrogens is 2. The highest BCUT2D eigenvalue weighted by atomic mass is 16.2. The Hall–Kier alpha value is -2.18. The van der Waals surface area contributed by atoms with Crippen LogP contribution in [0.15, 0.2) is 42.6 Å². The number of hydrazine groups is 1. The molecule has 3 N–H and O–H groups in total. The molecule has 0 radical (unpaired) electrons. The molecular weight excluding hydrogens is 266 g/mol. The van der Waals surface area contributed by atoms with E-state index in [0.717, 1.165) is 6.42 Å². The number of anilines is 1. The molecule has 6 heteroatoms. The highest BCUT2D eigenvalue weighted by molar-refractivity contribution is 5.94. The van der Waals surface area contributed by atoms with E-state index < -0.39 is 0 Å². The van der Waals surface area contributed by atoms with Gasteiger partial charge in [0, 0.05) is 18.3 Å². The first-order valence-electron chi connectivity index (χ1n) is 7.10. The van der Waals surface area contributed by atoms with Crippen LogP contribution in [0.25, 0.3) is 0 Å². The summed E-state index contributed by atoms with van der Waals surface area (Å²) in [5, 5.41) is 7.21. The fourth-order valence-electron chi connectivity index (χ4n) is 2.39. The lowest BCUT2D eigenvalue weighted by atomic mass is 10.1. The van der Waals surface area contributed by atoms with Gasteiger partial charge in [-0.15, -0.1) is 0 Å². The number of amides is 1. The smallest absolute Gasteiger partial charge is 0.244 e. The molecule has 1 aliphatic rings. The summed E-state index contributed by atoms with van der Waals surface area (Å²) in [6.07, 6.45) is 2.64. The first-order valence-corrected chi connectivity index (χ1v) is 7.10. The monoisotopic (exact) mass is 285 g/mol. The van der Waals surface area contributed by atoms with Gasteiger partial charge in [-0.05, 0) is 18.9 Å². The number of carbonyl (C=O) groups is 1. The first-order chi connectivity index (χ1) is 10.2. The maximum Gasteiger partial charge on any atom is 0.244 e. The van der Waals surface area contributed by atoms with E-state index in [2.05, 4.69) is 33.4 Å². The Morgan fingerprint density at radius 3 is 2.86 bits per heavy atom. The van der Waals surface area contributed by atoms with Crippen molar-refractivity contribution in [2.75, 3.05) is 5.32 Å². The van der Waals surface area contributed by atoms with Crippen LogP contribution in [0.1, 0.15) is 18.9 Å². The van der Waals surface area contributed by atoms with Crippen LogP contribution in [0, 0.1) is 0 Å².